The van der Waals surface area contributed by atoms with Gasteiger partial charge in [-0.2, -0.15) is 5.10 Å². The zero-order valence-corrected chi connectivity index (χ0v) is 14.5. The fraction of sp³-hybridized carbons (Fsp3) is 0.400. The van der Waals surface area contributed by atoms with Crippen LogP contribution in [0.4, 0.5) is 0 Å². The van der Waals surface area contributed by atoms with Crippen LogP contribution in [-0.2, 0) is 19.4 Å². The largest absolute Gasteiger partial charge is 0.388 e. The lowest BCUT2D eigenvalue weighted by atomic mass is 10.0. The van der Waals surface area contributed by atoms with E-state index in [4.69, 9.17) is 11.6 Å². The highest BCUT2D eigenvalue weighted by molar-refractivity contribution is 14.1. The van der Waals surface area contributed by atoms with Crippen LogP contribution in [0.15, 0.2) is 24.3 Å². The minimum atomic E-state index is -0.559. The average molecular weight is 405 g/mol. The van der Waals surface area contributed by atoms with E-state index in [2.05, 4.69) is 47.6 Å². The second-order valence-corrected chi connectivity index (χ2v) is 6.26. The number of halogens is 2. The monoisotopic (exact) mass is 404 g/mol. The molecule has 0 aliphatic rings. The molecular weight excluding hydrogens is 387 g/mol. The average Bonchev–Trinajstić information content (AvgIpc) is 2.84. The second-order valence-electron chi connectivity index (χ2n) is 4.69. The van der Waals surface area contributed by atoms with Crippen molar-refractivity contribution in [3.05, 3.63) is 49.8 Å². The van der Waals surface area contributed by atoms with Gasteiger partial charge in [0.05, 0.1) is 16.8 Å². The zero-order valence-electron chi connectivity index (χ0n) is 11.6. The van der Waals surface area contributed by atoms with Crippen LogP contribution in [0, 0.1) is 3.57 Å². The highest BCUT2D eigenvalue weighted by Crippen LogP contribution is 2.25. The van der Waals surface area contributed by atoms with Crippen molar-refractivity contribution in [1.82, 2.24) is 9.78 Å². The van der Waals surface area contributed by atoms with Crippen LogP contribution in [0.2, 0.25) is 5.02 Å². The fourth-order valence-electron chi connectivity index (χ4n) is 2.16. The van der Waals surface area contributed by atoms with Gasteiger partial charge in [0, 0.05) is 22.2 Å². The summed E-state index contributed by atoms with van der Waals surface area (Å²) in [6.07, 6.45) is 0.902. The van der Waals surface area contributed by atoms with Gasteiger partial charge >= 0.3 is 0 Å². The maximum absolute atomic E-state index is 10.4. The number of rotatable bonds is 5. The number of hydrogen-bond donors (Lipinski definition) is 1. The smallest absolute Gasteiger partial charge is 0.0845 e. The van der Waals surface area contributed by atoms with E-state index in [0.29, 0.717) is 11.4 Å². The molecule has 0 fully saturated rings. The Balaban J connectivity index is 2.20. The van der Waals surface area contributed by atoms with Gasteiger partial charge in [0.25, 0.3) is 0 Å². The van der Waals surface area contributed by atoms with Gasteiger partial charge in [-0.3, -0.25) is 4.68 Å². The van der Waals surface area contributed by atoms with Gasteiger partial charge in [-0.25, -0.2) is 0 Å². The Bertz CT molecular complexity index is 598. The maximum atomic E-state index is 10.4. The standard InChI is InChI=1S/C15H18ClIN2O/c1-3-11-8-12(19(4-2)18-11)9-15(20)10-5-6-14(17)13(16)7-10/h5-8,15,20H,3-4,9H2,1-2H3. The van der Waals surface area contributed by atoms with Crippen molar-refractivity contribution in [2.24, 2.45) is 0 Å². The summed E-state index contributed by atoms with van der Waals surface area (Å²) in [4.78, 5) is 0. The maximum Gasteiger partial charge on any atom is 0.0845 e. The summed E-state index contributed by atoms with van der Waals surface area (Å²) >= 11 is 8.29. The highest BCUT2D eigenvalue weighted by Gasteiger charge is 2.14. The Morgan fingerprint density at radius 1 is 1.35 bits per heavy atom. The zero-order chi connectivity index (χ0) is 14.7. The molecule has 0 bridgehead atoms. The number of nitrogens with zero attached hydrogens (tertiary/aromatic N) is 2. The van der Waals surface area contributed by atoms with Crippen LogP contribution in [0.3, 0.4) is 0 Å². The Morgan fingerprint density at radius 2 is 2.10 bits per heavy atom. The predicted molar refractivity (Wildman–Crippen MR) is 90.1 cm³/mol. The quantitative estimate of drug-likeness (QED) is 0.765. The minimum Gasteiger partial charge on any atom is -0.388 e. The molecule has 1 unspecified atom stereocenters. The summed E-state index contributed by atoms with van der Waals surface area (Å²) in [5.74, 6) is 0. The summed E-state index contributed by atoms with van der Waals surface area (Å²) in [6, 6.07) is 7.75. The lowest BCUT2D eigenvalue weighted by Gasteiger charge is -2.12. The molecule has 108 valence electrons. The molecule has 1 heterocycles. The van der Waals surface area contributed by atoms with E-state index in [-0.39, 0.29) is 0 Å². The van der Waals surface area contributed by atoms with Gasteiger partial charge in [-0.1, -0.05) is 24.6 Å². The van der Waals surface area contributed by atoms with Crippen LogP contribution in [0.25, 0.3) is 0 Å². The van der Waals surface area contributed by atoms with Gasteiger partial charge in [-0.15, -0.1) is 0 Å². The third-order valence-corrected chi connectivity index (χ3v) is 4.88. The van der Waals surface area contributed by atoms with Crippen LogP contribution in [-0.4, -0.2) is 14.9 Å². The summed E-state index contributed by atoms with van der Waals surface area (Å²) in [5, 5.41) is 15.6. The molecule has 0 radical (unpaired) electrons. The van der Waals surface area contributed by atoms with E-state index in [1.54, 1.807) is 0 Å². The predicted octanol–water partition coefficient (Wildman–Crippen LogP) is 4.00. The van der Waals surface area contributed by atoms with E-state index >= 15 is 0 Å². The van der Waals surface area contributed by atoms with E-state index < -0.39 is 6.10 Å². The molecule has 20 heavy (non-hydrogen) atoms. The number of aromatic nitrogens is 2. The Kier molecular flexibility index (Phi) is 5.46. The molecule has 0 saturated heterocycles. The van der Waals surface area contributed by atoms with Crippen molar-refractivity contribution in [2.75, 3.05) is 0 Å². The molecule has 0 spiro atoms. The Hall–Kier alpha value is -0.590. The van der Waals surface area contributed by atoms with Crippen LogP contribution in [0.5, 0.6) is 0 Å². The Labute approximate surface area is 138 Å². The normalized spacial score (nSPS) is 12.7. The van der Waals surface area contributed by atoms with E-state index in [0.717, 1.165) is 33.5 Å². The number of aryl methyl sites for hydroxylation is 2. The van der Waals surface area contributed by atoms with Gasteiger partial charge < -0.3 is 5.11 Å². The third kappa shape index (κ3) is 3.54. The first-order valence-corrected chi connectivity index (χ1v) is 8.19. The molecule has 0 aliphatic carbocycles. The number of hydrogen-bond acceptors (Lipinski definition) is 2. The summed E-state index contributed by atoms with van der Waals surface area (Å²) in [6.45, 7) is 4.96. The number of benzene rings is 1. The highest BCUT2D eigenvalue weighted by atomic mass is 127. The molecular formula is C15H18ClIN2O. The van der Waals surface area contributed by atoms with Gasteiger partial charge in [-0.05, 0) is 59.7 Å². The topological polar surface area (TPSA) is 38.0 Å². The molecule has 3 nitrogen and oxygen atoms in total. The van der Waals surface area contributed by atoms with E-state index in [1.807, 2.05) is 22.9 Å². The van der Waals surface area contributed by atoms with Crippen LogP contribution in [0.1, 0.15) is 36.9 Å². The molecule has 1 aromatic heterocycles. The first kappa shape index (κ1) is 15.8. The van der Waals surface area contributed by atoms with Crippen molar-refractivity contribution >= 4 is 34.2 Å². The number of aliphatic hydroxyl groups is 1. The summed E-state index contributed by atoms with van der Waals surface area (Å²) < 4.78 is 2.95. The molecule has 1 atom stereocenters. The van der Waals surface area contributed by atoms with Gasteiger partial charge in [0.1, 0.15) is 0 Å². The van der Waals surface area contributed by atoms with E-state index in [1.165, 1.54) is 0 Å². The minimum absolute atomic E-state index is 0.553. The van der Waals surface area contributed by atoms with Crippen molar-refractivity contribution in [1.29, 1.82) is 0 Å². The first-order valence-electron chi connectivity index (χ1n) is 6.73. The molecule has 1 N–H and O–H groups in total. The molecule has 0 amide bonds. The molecule has 1 aromatic carbocycles. The van der Waals surface area contributed by atoms with Crippen molar-refractivity contribution in [2.45, 2.75) is 39.3 Å². The first-order chi connectivity index (χ1) is 9.55. The lowest BCUT2D eigenvalue weighted by molar-refractivity contribution is 0.175. The number of aliphatic hydroxyl groups excluding tert-OH is 1. The SMILES string of the molecule is CCc1cc(CC(O)c2ccc(I)c(Cl)c2)n(CC)n1. The van der Waals surface area contributed by atoms with Crippen molar-refractivity contribution in [3.63, 3.8) is 0 Å². The van der Waals surface area contributed by atoms with Crippen molar-refractivity contribution < 1.29 is 5.11 Å². The molecule has 2 aromatic rings. The van der Waals surface area contributed by atoms with Crippen LogP contribution >= 0.6 is 34.2 Å². The summed E-state index contributed by atoms with van der Waals surface area (Å²) in [7, 11) is 0. The third-order valence-electron chi connectivity index (χ3n) is 3.31. The lowest BCUT2D eigenvalue weighted by Crippen LogP contribution is -2.08. The van der Waals surface area contributed by atoms with Gasteiger partial charge in [0.2, 0.25) is 0 Å². The van der Waals surface area contributed by atoms with Gasteiger partial charge in [0.15, 0.2) is 0 Å². The molecule has 0 saturated carbocycles. The summed E-state index contributed by atoms with van der Waals surface area (Å²) in [5.41, 5.74) is 2.97. The Morgan fingerprint density at radius 3 is 2.70 bits per heavy atom. The fourth-order valence-corrected chi connectivity index (χ4v) is 2.69. The molecule has 5 heteroatoms. The van der Waals surface area contributed by atoms with Crippen LogP contribution < -0.4 is 0 Å². The second kappa shape index (κ2) is 6.91. The molecule has 0 aliphatic heterocycles. The van der Waals surface area contributed by atoms with Crippen molar-refractivity contribution in [3.8, 4) is 0 Å². The van der Waals surface area contributed by atoms with E-state index in [9.17, 15) is 5.11 Å². The molecule has 2 rings (SSSR count).